The molecular weight excluding hydrogens is 762 g/mol. The Bertz CT molecular complexity index is 1640. The minimum absolute atomic E-state index is 0.0177. The largest absolute Gasteiger partial charge is 0.504 e. The van der Waals surface area contributed by atoms with Crippen LogP contribution in [0.2, 0.25) is 6.32 Å². The summed E-state index contributed by atoms with van der Waals surface area (Å²) in [4.78, 5) is 28.0. The number of anilines is 1. The fourth-order valence-electron chi connectivity index (χ4n) is 6.94. The van der Waals surface area contributed by atoms with Gasteiger partial charge in [0, 0.05) is 7.11 Å². The van der Waals surface area contributed by atoms with Crippen molar-refractivity contribution in [3.8, 4) is 11.5 Å². The zero-order valence-electron chi connectivity index (χ0n) is 25.9. The number of carbonyl (C=O) groups is 2. The van der Waals surface area contributed by atoms with Gasteiger partial charge in [0.05, 0.1) is 52.0 Å². The Morgan fingerprint density at radius 3 is 2.27 bits per heavy atom. The van der Waals surface area contributed by atoms with E-state index in [-0.39, 0.29) is 31.2 Å². The molecule has 2 heterocycles. The molecule has 0 radical (unpaired) electrons. The van der Waals surface area contributed by atoms with Crippen LogP contribution in [0.1, 0.15) is 42.9 Å². The van der Waals surface area contributed by atoms with Crippen molar-refractivity contribution >= 4 is 53.3 Å². The summed E-state index contributed by atoms with van der Waals surface area (Å²) in [6.45, 7) is 1.92. The number of imide groups is 1. The molecular formula is C32H31BF6INO7. The fourth-order valence-corrected chi connectivity index (χ4v) is 7.57. The summed E-state index contributed by atoms with van der Waals surface area (Å²) in [7, 11) is 1.52. The number of ether oxygens (including phenoxy) is 2. The molecule has 2 saturated heterocycles. The summed E-state index contributed by atoms with van der Waals surface area (Å²) in [5, 5.41) is 20.9. The number of hydrogen-bond acceptors (Lipinski definition) is 7. The lowest BCUT2D eigenvalue weighted by Gasteiger charge is -2.43. The Labute approximate surface area is 286 Å². The fraction of sp³-hybridized carbons (Fsp3) is 0.438. The van der Waals surface area contributed by atoms with Gasteiger partial charge in [-0.15, -0.1) is 0 Å². The van der Waals surface area contributed by atoms with Gasteiger partial charge in [0.25, 0.3) is 0 Å². The number of nitrogens with zero attached hydrogens (tertiary/aromatic N) is 1. The van der Waals surface area contributed by atoms with E-state index in [9.17, 15) is 46.1 Å². The smallest absolute Gasteiger partial charge is 0.455 e. The van der Waals surface area contributed by atoms with E-state index in [2.05, 4.69) is 0 Å². The normalized spacial score (nSPS) is 23.5. The van der Waals surface area contributed by atoms with Crippen molar-refractivity contribution in [3.05, 3.63) is 67.3 Å². The molecule has 258 valence electrons. The predicted molar refractivity (Wildman–Crippen MR) is 171 cm³/mol. The lowest BCUT2D eigenvalue weighted by Crippen LogP contribution is -2.46. The van der Waals surface area contributed by atoms with Gasteiger partial charge in [0.2, 0.25) is 11.8 Å². The zero-order chi connectivity index (χ0) is 35.3. The standard InChI is InChI=1S/C32H31BF6INO7/c1-15(6-16-7-23(40)28(42)25(8-16)47-3)4-5-24-26-17(14-46-2)9-21-27(22(26)13-33(45)48-24)30(44)41(29(21)43)20-11-18(31(34,35)36)10-19(12-20)32(37,38)39/h6-8,10-12,21-22,24,27,42,45H,4-5,9,13-14H2,1-3H3/b15-6+/t21-,22+,24-,27-/m1/s1. The first kappa shape index (κ1) is 36.2. The van der Waals surface area contributed by atoms with E-state index in [1.807, 2.05) is 35.6 Å². The Balaban J connectivity index is 1.47. The molecule has 2 aromatic carbocycles. The number of hydrogen-bond donors (Lipinski definition) is 2. The second-order valence-corrected chi connectivity index (χ2v) is 13.3. The van der Waals surface area contributed by atoms with Crippen LogP contribution in [-0.4, -0.2) is 56.0 Å². The SMILES string of the molecule is COCC1=C2[C@@H](CC/C(C)=C/c3cc(I)c(O)c(OC)c3)OB(O)C[C@@H]2[C@@H]2C(=O)N(c3cc(C(F)(F)F)cc(C(F)(F)F)c3)C(=O)[C@@H]2C1. The molecule has 0 saturated carbocycles. The van der Waals surface area contributed by atoms with Crippen LogP contribution in [-0.2, 0) is 31.3 Å². The molecule has 0 bridgehead atoms. The lowest BCUT2D eigenvalue weighted by molar-refractivity contribution is -0.143. The van der Waals surface area contributed by atoms with E-state index in [1.54, 1.807) is 12.1 Å². The number of aromatic hydroxyl groups is 1. The second kappa shape index (κ2) is 13.7. The van der Waals surface area contributed by atoms with Gasteiger partial charge in [-0.1, -0.05) is 11.6 Å². The van der Waals surface area contributed by atoms with Crippen molar-refractivity contribution < 1.29 is 60.2 Å². The number of amides is 2. The number of fused-ring (bicyclic) bond motifs is 3. The maximum atomic E-state index is 13.9. The number of phenols is 1. The van der Waals surface area contributed by atoms with Gasteiger partial charge >= 0.3 is 19.5 Å². The van der Waals surface area contributed by atoms with Crippen LogP contribution < -0.4 is 9.64 Å². The van der Waals surface area contributed by atoms with E-state index in [0.717, 1.165) is 11.1 Å². The number of rotatable bonds is 8. The molecule has 5 rings (SSSR count). The summed E-state index contributed by atoms with van der Waals surface area (Å²) in [6.07, 6.45) is -8.49. The van der Waals surface area contributed by atoms with Gasteiger partial charge in [0.1, 0.15) is 0 Å². The molecule has 4 atom stereocenters. The van der Waals surface area contributed by atoms with Crippen LogP contribution >= 0.6 is 22.6 Å². The second-order valence-electron chi connectivity index (χ2n) is 12.1. The number of alkyl halides is 6. The highest BCUT2D eigenvalue weighted by atomic mass is 127. The first-order chi connectivity index (χ1) is 22.4. The topological polar surface area (TPSA) is 106 Å². The lowest BCUT2D eigenvalue weighted by atomic mass is 9.58. The van der Waals surface area contributed by atoms with Crippen LogP contribution in [0.25, 0.3) is 6.08 Å². The van der Waals surface area contributed by atoms with Gasteiger partial charge in [-0.25, -0.2) is 4.90 Å². The first-order valence-corrected chi connectivity index (χ1v) is 16.0. The first-order valence-electron chi connectivity index (χ1n) is 14.9. The molecule has 0 aromatic heterocycles. The summed E-state index contributed by atoms with van der Waals surface area (Å²) < 4.78 is 99.0. The summed E-state index contributed by atoms with van der Waals surface area (Å²) in [5.74, 6) is -4.52. The molecule has 2 fully saturated rings. The predicted octanol–water partition coefficient (Wildman–Crippen LogP) is 6.87. The van der Waals surface area contributed by atoms with Gasteiger partial charge in [-0.3, -0.25) is 9.59 Å². The van der Waals surface area contributed by atoms with E-state index < -0.39 is 72.0 Å². The number of phenolic OH excluding ortho intramolecular Hbond substituents is 1. The molecule has 2 amide bonds. The molecule has 0 unspecified atom stereocenters. The van der Waals surface area contributed by atoms with Gasteiger partial charge < -0.3 is 24.3 Å². The number of allylic oxidation sites excluding steroid dienone is 1. The molecule has 0 spiro atoms. The Morgan fingerprint density at radius 2 is 1.69 bits per heavy atom. The van der Waals surface area contributed by atoms with Crippen LogP contribution in [0.15, 0.2) is 47.1 Å². The summed E-state index contributed by atoms with van der Waals surface area (Å²) >= 11 is 1.99. The maximum Gasteiger partial charge on any atom is 0.455 e. The summed E-state index contributed by atoms with van der Waals surface area (Å²) in [5.41, 5.74) is -1.17. The number of carbonyl (C=O) groups excluding carboxylic acids is 2. The van der Waals surface area contributed by atoms with Crippen molar-refractivity contribution in [1.82, 2.24) is 0 Å². The zero-order valence-corrected chi connectivity index (χ0v) is 28.1. The molecule has 16 heteroatoms. The van der Waals surface area contributed by atoms with E-state index >= 15 is 0 Å². The highest BCUT2D eigenvalue weighted by Gasteiger charge is 2.58. The van der Waals surface area contributed by atoms with E-state index in [0.29, 0.717) is 50.3 Å². The van der Waals surface area contributed by atoms with Crippen molar-refractivity contribution in [2.75, 3.05) is 25.7 Å². The third-order valence-corrected chi connectivity index (χ3v) is 9.76. The third-order valence-electron chi connectivity index (χ3n) is 8.94. The van der Waals surface area contributed by atoms with Crippen LogP contribution in [0, 0.1) is 21.3 Å². The third kappa shape index (κ3) is 7.12. The van der Waals surface area contributed by atoms with E-state index in [4.69, 9.17) is 14.1 Å². The van der Waals surface area contributed by atoms with Gasteiger partial charge in [-0.05, 0) is 108 Å². The maximum absolute atomic E-state index is 13.9. The monoisotopic (exact) mass is 793 g/mol. The van der Waals surface area contributed by atoms with Crippen molar-refractivity contribution in [2.24, 2.45) is 17.8 Å². The van der Waals surface area contributed by atoms with Crippen molar-refractivity contribution in [3.63, 3.8) is 0 Å². The van der Waals surface area contributed by atoms with Crippen molar-refractivity contribution in [1.29, 1.82) is 0 Å². The Morgan fingerprint density at radius 1 is 1.04 bits per heavy atom. The average Bonchev–Trinajstić information content (AvgIpc) is 3.25. The Hall–Kier alpha value is -3.09. The molecule has 2 N–H and O–H groups in total. The number of halogens is 7. The van der Waals surface area contributed by atoms with Crippen LogP contribution in [0.3, 0.4) is 0 Å². The number of benzene rings is 2. The summed E-state index contributed by atoms with van der Waals surface area (Å²) in [6, 6.07) is 4.12. The van der Waals surface area contributed by atoms with Gasteiger partial charge in [0.15, 0.2) is 11.5 Å². The molecule has 48 heavy (non-hydrogen) atoms. The molecule has 2 aromatic rings. The minimum Gasteiger partial charge on any atom is -0.504 e. The van der Waals surface area contributed by atoms with E-state index in [1.165, 1.54) is 14.2 Å². The quantitative estimate of drug-likeness (QED) is 0.0989. The molecule has 1 aliphatic carbocycles. The highest BCUT2D eigenvalue weighted by Crippen LogP contribution is 2.52. The molecule has 8 nitrogen and oxygen atoms in total. The Kier molecular flexibility index (Phi) is 10.3. The van der Waals surface area contributed by atoms with Crippen LogP contribution in [0.5, 0.6) is 11.5 Å². The average molecular weight is 793 g/mol. The van der Waals surface area contributed by atoms with Gasteiger partial charge in [-0.2, -0.15) is 26.3 Å². The number of methoxy groups -OCH3 is 2. The molecule has 2 aliphatic heterocycles. The van der Waals surface area contributed by atoms with Crippen molar-refractivity contribution in [2.45, 2.75) is 51.0 Å². The van der Waals surface area contributed by atoms with Crippen LogP contribution in [0.4, 0.5) is 32.0 Å². The highest BCUT2D eigenvalue weighted by molar-refractivity contribution is 14.1. The molecule has 3 aliphatic rings. The minimum atomic E-state index is -5.17.